The van der Waals surface area contributed by atoms with Crippen molar-refractivity contribution < 1.29 is 24.9 Å². The smallest absolute Gasteiger partial charge is 0.202 e. The summed E-state index contributed by atoms with van der Waals surface area (Å²) in [6.45, 7) is 3.82. The number of Topliss-reactive ketones (excluding diaryl/α,β-unsaturated/α-hetero) is 1. The number of aromatic hydroxyl groups is 2. The van der Waals surface area contributed by atoms with Crippen LogP contribution < -0.4 is 0 Å². The number of fused-ring (bicyclic) bond motifs is 2. The first-order chi connectivity index (χ1) is 9.38. The number of phenols is 2. The fourth-order valence-electron chi connectivity index (χ4n) is 2.81. The van der Waals surface area contributed by atoms with Crippen LogP contribution in [0.2, 0.25) is 0 Å². The third-order valence-electron chi connectivity index (χ3n) is 3.95. The Kier molecular flexibility index (Phi) is 2.68. The Morgan fingerprint density at radius 2 is 2.00 bits per heavy atom. The molecule has 0 saturated carbocycles. The molecule has 1 aromatic rings. The van der Waals surface area contributed by atoms with Gasteiger partial charge in [-0.3, -0.25) is 4.79 Å². The average Bonchev–Trinajstić information content (AvgIpc) is 3.13. The van der Waals surface area contributed by atoms with Crippen molar-refractivity contribution >= 4 is 5.78 Å². The van der Waals surface area contributed by atoms with Crippen LogP contribution in [0.4, 0.5) is 0 Å². The minimum atomic E-state index is -1.11. The molecule has 3 unspecified atom stereocenters. The molecule has 3 atom stereocenters. The molecule has 3 N–H and O–H groups in total. The van der Waals surface area contributed by atoms with E-state index in [-0.39, 0.29) is 28.4 Å². The van der Waals surface area contributed by atoms with Crippen molar-refractivity contribution in [3.63, 3.8) is 0 Å². The molecule has 1 aliphatic carbocycles. The second-order valence-electron chi connectivity index (χ2n) is 5.58. The summed E-state index contributed by atoms with van der Waals surface area (Å²) in [6, 6.07) is 2.51. The van der Waals surface area contributed by atoms with E-state index in [0.29, 0.717) is 6.42 Å². The number of benzene rings is 1. The summed E-state index contributed by atoms with van der Waals surface area (Å²) in [5.74, 6) is -0.828. The maximum absolute atomic E-state index is 12.6. The molecule has 0 bridgehead atoms. The van der Waals surface area contributed by atoms with Crippen LogP contribution >= 0.6 is 0 Å². The van der Waals surface area contributed by atoms with Gasteiger partial charge in [0.15, 0.2) is 5.60 Å². The minimum Gasteiger partial charge on any atom is -0.508 e. The van der Waals surface area contributed by atoms with E-state index in [0.717, 1.165) is 5.57 Å². The molecule has 1 saturated heterocycles. The predicted molar refractivity (Wildman–Crippen MR) is 70.7 cm³/mol. The van der Waals surface area contributed by atoms with Crippen molar-refractivity contribution in [2.75, 3.05) is 0 Å². The molecule has 1 aromatic carbocycles. The molecule has 3 rings (SSSR count). The zero-order chi connectivity index (χ0) is 14.7. The SMILES string of the molecule is CC(C)=CCC12OC1C(O)c1c(O)ccc(O)c1C2=O. The number of rotatable bonds is 2. The van der Waals surface area contributed by atoms with Crippen molar-refractivity contribution in [2.45, 2.75) is 38.1 Å². The van der Waals surface area contributed by atoms with Gasteiger partial charge in [-0.1, -0.05) is 11.6 Å². The van der Waals surface area contributed by atoms with E-state index in [1.807, 2.05) is 19.9 Å². The van der Waals surface area contributed by atoms with Crippen LogP contribution in [0.5, 0.6) is 11.5 Å². The van der Waals surface area contributed by atoms with Crippen LogP contribution in [0.15, 0.2) is 23.8 Å². The Bertz CT molecular complexity index is 629. The van der Waals surface area contributed by atoms with E-state index in [9.17, 15) is 20.1 Å². The van der Waals surface area contributed by atoms with Crippen LogP contribution in [0.25, 0.3) is 0 Å². The number of ketones is 1. The van der Waals surface area contributed by atoms with E-state index in [2.05, 4.69) is 0 Å². The molecule has 0 aromatic heterocycles. The maximum atomic E-state index is 12.6. The quantitative estimate of drug-likeness (QED) is 0.435. The average molecular weight is 276 g/mol. The van der Waals surface area contributed by atoms with Gasteiger partial charge in [0.05, 0.1) is 5.56 Å². The highest BCUT2D eigenvalue weighted by molar-refractivity contribution is 6.10. The first kappa shape index (κ1) is 13.1. The van der Waals surface area contributed by atoms with Crippen molar-refractivity contribution in [1.82, 2.24) is 0 Å². The van der Waals surface area contributed by atoms with Crippen molar-refractivity contribution in [2.24, 2.45) is 0 Å². The standard InChI is InChI=1S/C15H16O5/c1-7(2)5-6-15-13(19)11-9(17)4-3-8(16)10(11)12(18)14(15)20-15/h3-5,12,14,16-18H,6H2,1-2H3. The van der Waals surface area contributed by atoms with Gasteiger partial charge in [-0.25, -0.2) is 0 Å². The van der Waals surface area contributed by atoms with Gasteiger partial charge in [0.1, 0.15) is 23.7 Å². The van der Waals surface area contributed by atoms with Crippen molar-refractivity contribution in [3.05, 3.63) is 34.9 Å². The molecular formula is C15H16O5. The molecule has 5 nitrogen and oxygen atoms in total. The second kappa shape index (κ2) is 4.07. The molecule has 1 aliphatic heterocycles. The number of aliphatic hydroxyl groups excluding tert-OH is 1. The van der Waals surface area contributed by atoms with Gasteiger partial charge in [-0.15, -0.1) is 0 Å². The monoisotopic (exact) mass is 276 g/mol. The zero-order valence-corrected chi connectivity index (χ0v) is 11.3. The highest BCUT2D eigenvalue weighted by Gasteiger charge is 2.68. The number of ether oxygens (including phenoxy) is 1. The Balaban J connectivity index is 2.10. The molecule has 20 heavy (non-hydrogen) atoms. The summed E-state index contributed by atoms with van der Waals surface area (Å²) in [7, 11) is 0. The van der Waals surface area contributed by atoms with Gasteiger partial charge in [-0.05, 0) is 26.0 Å². The van der Waals surface area contributed by atoms with E-state index in [1.165, 1.54) is 12.1 Å². The predicted octanol–water partition coefficient (Wildman–Crippen LogP) is 1.82. The van der Waals surface area contributed by atoms with Gasteiger partial charge < -0.3 is 20.1 Å². The number of epoxide rings is 1. The number of hydrogen-bond acceptors (Lipinski definition) is 5. The number of phenolic OH excluding ortho intramolecular Hbond substituents is 2. The number of hydrogen-bond donors (Lipinski definition) is 3. The third kappa shape index (κ3) is 1.60. The van der Waals surface area contributed by atoms with Crippen molar-refractivity contribution in [3.8, 4) is 11.5 Å². The first-order valence-corrected chi connectivity index (χ1v) is 6.47. The van der Waals surface area contributed by atoms with Gasteiger partial charge >= 0.3 is 0 Å². The van der Waals surface area contributed by atoms with Crippen molar-refractivity contribution in [1.29, 1.82) is 0 Å². The normalized spacial score (nSPS) is 30.4. The number of allylic oxidation sites excluding steroid dienone is 1. The molecule has 2 aliphatic rings. The first-order valence-electron chi connectivity index (χ1n) is 6.47. The number of carbonyl (C=O) groups excluding carboxylic acids is 1. The van der Waals surface area contributed by atoms with Gasteiger partial charge in [0.25, 0.3) is 0 Å². The molecule has 5 heteroatoms. The molecule has 1 fully saturated rings. The molecular weight excluding hydrogens is 260 g/mol. The summed E-state index contributed by atoms with van der Waals surface area (Å²) >= 11 is 0. The molecule has 1 heterocycles. The summed E-state index contributed by atoms with van der Waals surface area (Å²) < 4.78 is 5.47. The van der Waals surface area contributed by atoms with Crippen LogP contribution in [-0.4, -0.2) is 32.8 Å². The fraction of sp³-hybridized carbons (Fsp3) is 0.400. The van der Waals surface area contributed by atoms with E-state index in [1.54, 1.807) is 0 Å². The highest BCUT2D eigenvalue weighted by atomic mass is 16.6. The summed E-state index contributed by atoms with van der Waals surface area (Å²) in [5, 5.41) is 30.0. The minimum absolute atomic E-state index is 0.0339. The van der Waals surface area contributed by atoms with Crippen LogP contribution in [0.3, 0.4) is 0 Å². The Labute approximate surface area is 116 Å². The van der Waals surface area contributed by atoms with E-state index in [4.69, 9.17) is 4.74 Å². The van der Waals surface area contributed by atoms with Crippen LogP contribution in [0, 0.1) is 0 Å². The van der Waals surface area contributed by atoms with E-state index < -0.39 is 17.8 Å². The Hall–Kier alpha value is -1.85. The summed E-state index contributed by atoms with van der Waals surface area (Å²) in [5.41, 5.74) is -0.0322. The second-order valence-corrected chi connectivity index (χ2v) is 5.58. The lowest BCUT2D eigenvalue weighted by molar-refractivity contribution is 0.0856. The van der Waals surface area contributed by atoms with Crippen LogP contribution in [-0.2, 0) is 4.74 Å². The van der Waals surface area contributed by atoms with Gasteiger partial charge in [0, 0.05) is 12.0 Å². The van der Waals surface area contributed by atoms with Gasteiger partial charge in [0.2, 0.25) is 5.78 Å². The lowest BCUT2D eigenvalue weighted by Crippen LogP contribution is -2.35. The molecule has 106 valence electrons. The number of carbonyl (C=O) groups is 1. The lowest BCUT2D eigenvalue weighted by Gasteiger charge is -2.24. The zero-order valence-electron chi connectivity index (χ0n) is 11.3. The highest BCUT2D eigenvalue weighted by Crippen LogP contribution is 2.56. The molecule has 0 radical (unpaired) electrons. The molecule has 0 amide bonds. The fourth-order valence-corrected chi connectivity index (χ4v) is 2.81. The topological polar surface area (TPSA) is 90.3 Å². The lowest BCUT2D eigenvalue weighted by atomic mass is 9.78. The largest absolute Gasteiger partial charge is 0.508 e. The summed E-state index contributed by atoms with van der Waals surface area (Å²) in [4.78, 5) is 12.6. The Morgan fingerprint density at radius 1 is 1.35 bits per heavy atom. The van der Waals surface area contributed by atoms with E-state index >= 15 is 0 Å². The number of aliphatic hydroxyl groups is 1. The van der Waals surface area contributed by atoms with Crippen LogP contribution in [0.1, 0.15) is 42.3 Å². The maximum Gasteiger partial charge on any atom is 0.202 e. The Morgan fingerprint density at radius 3 is 2.65 bits per heavy atom. The molecule has 0 spiro atoms. The third-order valence-corrected chi connectivity index (χ3v) is 3.95. The van der Waals surface area contributed by atoms with Gasteiger partial charge in [-0.2, -0.15) is 0 Å². The summed E-state index contributed by atoms with van der Waals surface area (Å²) in [6.07, 6.45) is 0.450.